The lowest BCUT2D eigenvalue weighted by Crippen LogP contribution is -2.51. The van der Waals surface area contributed by atoms with Crippen molar-refractivity contribution in [2.75, 3.05) is 0 Å². The zero-order chi connectivity index (χ0) is 12.7. The Morgan fingerprint density at radius 1 is 1.41 bits per heavy atom. The van der Waals surface area contributed by atoms with Crippen LogP contribution >= 0.6 is 0 Å². The van der Waals surface area contributed by atoms with E-state index in [1.165, 1.54) is 5.56 Å². The zero-order valence-electron chi connectivity index (χ0n) is 10.7. The highest BCUT2D eigenvalue weighted by molar-refractivity contribution is 5.47. The first-order valence-corrected chi connectivity index (χ1v) is 6.18. The molecule has 1 aliphatic carbocycles. The van der Waals surface area contributed by atoms with Gasteiger partial charge in [0.25, 0.3) is 0 Å². The number of hydrogen-bond donors (Lipinski definition) is 1. The molecule has 2 rings (SSSR count). The molecule has 0 aliphatic heterocycles. The Balaban J connectivity index is 2.61. The van der Waals surface area contributed by atoms with Crippen LogP contribution in [0, 0.1) is 17.2 Å². The molecule has 0 bridgehead atoms. The van der Waals surface area contributed by atoms with Crippen LogP contribution in [0.25, 0.3) is 0 Å². The number of rotatable bonds is 2. The van der Waals surface area contributed by atoms with Crippen LogP contribution in [0.15, 0.2) is 24.3 Å². The molecule has 0 radical (unpaired) electrons. The average molecular weight is 229 g/mol. The van der Waals surface area contributed by atoms with Crippen molar-refractivity contribution >= 4 is 0 Å². The first-order valence-electron chi connectivity index (χ1n) is 6.18. The van der Waals surface area contributed by atoms with Crippen LogP contribution in [0.2, 0.25) is 0 Å². The SMILES string of the molecule is CC(C)C(C)(O)C1(C#N)CCc2ccccc21. The Labute approximate surface area is 103 Å². The number of aliphatic hydroxyl groups is 1. The first kappa shape index (κ1) is 12.1. The van der Waals surface area contributed by atoms with Crippen LogP contribution in [-0.2, 0) is 11.8 Å². The van der Waals surface area contributed by atoms with Crippen LogP contribution in [0.4, 0.5) is 0 Å². The van der Waals surface area contributed by atoms with Gasteiger partial charge in [-0.05, 0) is 36.8 Å². The molecule has 2 atom stereocenters. The molecule has 1 aliphatic rings. The Hall–Kier alpha value is -1.33. The summed E-state index contributed by atoms with van der Waals surface area (Å²) in [5, 5.41) is 20.4. The number of fused-ring (bicyclic) bond motifs is 1. The topological polar surface area (TPSA) is 44.0 Å². The minimum atomic E-state index is -0.992. The van der Waals surface area contributed by atoms with E-state index in [4.69, 9.17) is 0 Å². The Morgan fingerprint density at radius 3 is 2.65 bits per heavy atom. The van der Waals surface area contributed by atoms with Gasteiger partial charge in [-0.3, -0.25) is 0 Å². The monoisotopic (exact) mass is 229 g/mol. The van der Waals surface area contributed by atoms with E-state index in [9.17, 15) is 10.4 Å². The minimum absolute atomic E-state index is 0.0494. The van der Waals surface area contributed by atoms with Crippen molar-refractivity contribution in [3.05, 3.63) is 35.4 Å². The van der Waals surface area contributed by atoms with E-state index in [-0.39, 0.29) is 5.92 Å². The molecule has 0 spiro atoms. The molecular formula is C15H19NO. The van der Waals surface area contributed by atoms with Gasteiger partial charge in [-0.1, -0.05) is 38.1 Å². The summed E-state index contributed by atoms with van der Waals surface area (Å²) in [7, 11) is 0. The van der Waals surface area contributed by atoms with Gasteiger partial charge in [-0.25, -0.2) is 0 Å². The molecule has 0 saturated heterocycles. The molecule has 0 aromatic heterocycles. The second-order valence-electron chi connectivity index (χ2n) is 5.48. The van der Waals surface area contributed by atoms with Crippen LogP contribution in [0.3, 0.4) is 0 Å². The van der Waals surface area contributed by atoms with Gasteiger partial charge in [-0.2, -0.15) is 5.26 Å². The molecule has 17 heavy (non-hydrogen) atoms. The summed E-state index contributed by atoms with van der Waals surface area (Å²) in [6, 6.07) is 10.4. The summed E-state index contributed by atoms with van der Waals surface area (Å²) >= 11 is 0. The average Bonchev–Trinajstić information content (AvgIpc) is 2.69. The van der Waals surface area contributed by atoms with E-state index in [1.807, 2.05) is 32.0 Å². The number of aryl methyl sites for hydroxylation is 1. The Kier molecular flexibility index (Phi) is 2.75. The molecule has 0 heterocycles. The summed E-state index contributed by atoms with van der Waals surface area (Å²) in [5.41, 5.74) is 0.475. The summed E-state index contributed by atoms with van der Waals surface area (Å²) in [5.74, 6) is 0.0494. The third-order valence-corrected chi connectivity index (χ3v) is 4.43. The minimum Gasteiger partial charge on any atom is -0.388 e. The van der Waals surface area contributed by atoms with Crippen molar-refractivity contribution in [3.63, 3.8) is 0 Å². The fourth-order valence-corrected chi connectivity index (χ4v) is 2.86. The molecule has 2 nitrogen and oxygen atoms in total. The Morgan fingerprint density at radius 2 is 2.06 bits per heavy atom. The van der Waals surface area contributed by atoms with Crippen molar-refractivity contribution in [1.29, 1.82) is 5.26 Å². The third-order valence-electron chi connectivity index (χ3n) is 4.43. The maximum atomic E-state index is 10.8. The van der Waals surface area contributed by atoms with Gasteiger partial charge in [0, 0.05) is 0 Å². The van der Waals surface area contributed by atoms with E-state index in [1.54, 1.807) is 6.92 Å². The van der Waals surface area contributed by atoms with E-state index in [2.05, 4.69) is 12.1 Å². The quantitative estimate of drug-likeness (QED) is 0.847. The zero-order valence-corrected chi connectivity index (χ0v) is 10.7. The maximum absolute atomic E-state index is 10.8. The van der Waals surface area contributed by atoms with Crippen molar-refractivity contribution in [2.24, 2.45) is 5.92 Å². The van der Waals surface area contributed by atoms with Crippen molar-refractivity contribution in [3.8, 4) is 6.07 Å². The van der Waals surface area contributed by atoms with Gasteiger partial charge in [-0.15, -0.1) is 0 Å². The highest BCUT2D eigenvalue weighted by atomic mass is 16.3. The summed E-state index contributed by atoms with van der Waals surface area (Å²) in [6.45, 7) is 5.74. The van der Waals surface area contributed by atoms with Gasteiger partial charge in [0.15, 0.2) is 0 Å². The lowest BCUT2D eigenvalue weighted by molar-refractivity contribution is -0.0402. The second kappa shape index (κ2) is 3.85. The fourth-order valence-electron chi connectivity index (χ4n) is 2.86. The highest BCUT2D eigenvalue weighted by Gasteiger charge is 2.53. The van der Waals surface area contributed by atoms with Crippen molar-refractivity contribution in [1.82, 2.24) is 0 Å². The number of nitrogens with zero attached hydrogens (tertiary/aromatic N) is 1. The van der Waals surface area contributed by atoms with E-state index < -0.39 is 11.0 Å². The van der Waals surface area contributed by atoms with Gasteiger partial charge in [0.05, 0.1) is 11.7 Å². The molecule has 0 fully saturated rings. The number of benzene rings is 1. The molecule has 90 valence electrons. The lowest BCUT2D eigenvalue weighted by atomic mass is 9.65. The molecule has 0 saturated carbocycles. The van der Waals surface area contributed by atoms with Crippen molar-refractivity contribution < 1.29 is 5.11 Å². The molecule has 1 N–H and O–H groups in total. The second-order valence-corrected chi connectivity index (χ2v) is 5.48. The maximum Gasteiger partial charge on any atom is 0.111 e. The molecule has 1 aromatic rings. The van der Waals surface area contributed by atoms with E-state index in [0.717, 1.165) is 12.0 Å². The van der Waals surface area contributed by atoms with Crippen LogP contribution in [-0.4, -0.2) is 10.7 Å². The van der Waals surface area contributed by atoms with E-state index >= 15 is 0 Å². The summed E-state index contributed by atoms with van der Waals surface area (Å²) < 4.78 is 0. The molecule has 2 unspecified atom stereocenters. The molecule has 2 heteroatoms. The smallest absolute Gasteiger partial charge is 0.111 e. The van der Waals surface area contributed by atoms with Crippen LogP contribution < -0.4 is 0 Å². The number of nitriles is 1. The predicted octanol–water partition coefficient (Wildman–Crippen LogP) is 2.80. The first-order chi connectivity index (χ1) is 7.95. The van der Waals surface area contributed by atoms with Crippen LogP contribution in [0.5, 0.6) is 0 Å². The van der Waals surface area contributed by atoms with Gasteiger partial charge < -0.3 is 5.11 Å². The molecule has 0 amide bonds. The lowest BCUT2D eigenvalue weighted by Gasteiger charge is -2.41. The Bertz CT molecular complexity index is 470. The predicted molar refractivity (Wildman–Crippen MR) is 67.5 cm³/mol. The number of hydrogen-bond acceptors (Lipinski definition) is 2. The van der Waals surface area contributed by atoms with Gasteiger partial charge in [0.1, 0.15) is 5.41 Å². The van der Waals surface area contributed by atoms with Crippen molar-refractivity contribution in [2.45, 2.75) is 44.6 Å². The normalized spacial score (nSPS) is 26.4. The standard InChI is InChI=1S/C15H19NO/c1-11(2)14(3,17)15(10-16)9-8-12-6-4-5-7-13(12)15/h4-7,11,17H,8-9H2,1-3H3. The molecular weight excluding hydrogens is 210 g/mol. The van der Waals surface area contributed by atoms with Crippen LogP contribution in [0.1, 0.15) is 38.3 Å². The molecule has 1 aromatic carbocycles. The highest BCUT2D eigenvalue weighted by Crippen LogP contribution is 2.48. The summed E-state index contributed by atoms with van der Waals surface area (Å²) in [6.07, 6.45) is 1.60. The summed E-state index contributed by atoms with van der Waals surface area (Å²) in [4.78, 5) is 0. The largest absolute Gasteiger partial charge is 0.388 e. The van der Waals surface area contributed by atoms with Gasteiger partial charge >= 0.3 is 0 Å². The van der Waals surface area contributed by atoms with Gasteiger partial charge in [0.2, 0.25) is 0 Å². The third kappa shape index (κ3) is 1.50. The van der Waals surface area contributed by atoms with E-state index in [0.29, 0.717) is 6.42 Å². The fraction of sp³-hybridized carbons (Fsp3) is 0.533.